The summed E-state index contributed by atoms with van der Waals surface area (Å²) in [6.07, 6.45) is 5.64. The number of aryl methyl sites for hydroxylation is 1. The summed E-state index contributed by atoms with van der Waals surface area (Å²) >= 11 is 0. The molecule has 4 nitrogen and oxygen atoms in total. The van der Waals surface area contributed by atoms with E-state index < -0.39 is 0 Å². The van der Waals surface area contributed by atoms with E-state index in [0.29, 0.717) is 5.92 Å². The van der Waals surface area contributed by atoms with E-state index in [1.807, 2.05) is 108 Å². The molecule has 4 aromatic carbocycles. The number of pyridine rings is 3. The van der Waals surface area contributed by atoms with Crippen LogP contribution in [0.15, 0.2) is 152 Å². The summed E-state index contributed by atoms with van der Waals surface area (Å²) in [4.78, 5) is 8.86. The van der Waals surface area contributed by atoms with E-state index in [0.717, 1.165) is 40.3 Å². The zero-order valence-corrected chi connectivity index (χ0v) is 30.9. The molecule has 251 valence electrons. The van der Waals surface area contributed by atoms with Gasteiger partial charge in [0.15, 0.2) is 0 Å². The van der Waals surface area contributed by atoms with Crippen molar-refractivity contribution in [3.8, 4) is 33.8 Å². The topological polar surface area (TPSA) is 34.6 Å². The maximum absolute atomic E-state index is 4.64. The van der Waals surface area contributed by atoms with E-state index in [-0.39, 0.29) is 20.1 Å². The van der Waals surface area contributed by atoms with Crippen LogP contribution in [-0.4, -0.2) is 14.5 Å². The quantitative estimate of drug-likeness (QED) is 0.128. The predicted molar refractivity (Wildman–Crippen MR) is 201 cm³/mol. The Bertz CT molecular complexity index is 2190. The maximum Gasteiger partial charge on any atom is 0.115 e. The SMILES string of the molecule is Cc1ccc(-c2[c-]ccc3c4ccccc4n(CC(C)C)c23)nc1.[CH2-][n+]1ccccc1-c1[c-]cccc1.[Ir].[c-]1ccccc1-c1ccccn1. The molecule has 8 aromatic rings. The number of nitrogens with zero attached hydrogens (tertiary/aromatic N) is 4. The molecule has 4 aromatic heterocycles. The number of rotatable bonds is 5. The monoisotopic (exact) mass is 828 g/mol. The summed E-state index contributed by atoms with van der Waals surface area (Å²) in [6, 6.07) is 54.3. The Hall–Kier alpha value is -5.35. The molecule has 5 heteroatoms. The van der Waals surface area contributed by atoms with Gasteiger partial charge in [0.2, 0.25) is 0 Å². The van der Waals surface area contributed by atoms with Crippen LogP contribution in [0.2, 0.25) is 0 Å². The van der Waals surface area contributed by atoms with E-state index in [2.05, 4.69) is 103 Å². The van der Waals surface area contributed by atoms with E-state index in [1.54, 1.807) is 6.20 Å². The van der Waals surface area contributed by atoms with Crippen LogP contribution < -0.4 is 4.57 Å². The van der Waals surface area contributed by atoms with Crippen LogP contribution in [0.1, 0.15) is 19.4 Å². The summed E-state index contributed by atoms with van der Waals surface area (Å²) in [5.41, 5.74) is 9.92. The summed E-state index contributed by atoms with van der Waals surface area (Å²) in [6.45, 7) is 7.58. The average molecular weight is 828 g/mol. The third kappa shape index (κ3) is 8.62. The molecule has 0 unspecified atom stereocenters. The van der Waals surface area contributed by atoms with Crippen LogP contribution in [0.4, 0.5) is 0 Å². The van der Waals surface area contributed by atoms with Crippen molar-refractivity contribution in [1.82, 2.24) is 14.5 Å². The van der Waals surface area contributed by atoms with E-state index in [4.69, 9.17) is 0 Å². The number of hydrogen-bond donors (Lipinski definition) is 0. The smallest absolute Gasteiger partial charge is 0.115 e. The maximum atomic E-state index is 4.64. The molecule has 0 aliphatic rings. The van der Waals surface area contributed by atoms with Crippen LogP contribution in [-0.2, 0) is 26.7 Å². The summed E-state index contributed by atoms with van der Waals surface area (Å²) in [5, 5.41) is 2.58. The standard InChI is InChI=1S/C22H21N2.C12H10N.C11H8N.Ir/c1-15(2)14-24-21-10-5-4-7-17(21)18-8-6-9-19(22(18)24)20-12-11-16(3)13-23-20;1-13-10-6-5-9-12(13)11-7-3-2-4-8-11;1-2-6-10(7-3-1)11-8-4-5-9-12-11;/h4-8,10-13,15H,14H2,1-3H3;2-7,9-10H,1H2;1-6,8-9H;/q3*-1;. The second-order valence-electron chi connectivity index (χ2n) is 12.2. The van der Waals surface area contributed by atoms with Gasteiger partial charge in [-0.25, -0.2) is 0 Å². The van der Waals surface area contributed by atoms with Gasteiger partial charge < -0.3 is 19.1 Å². The molecule has 0 atom stereocenters. The molecule has 0 spiro atoms. The van der Waals surface area contributed by atoms with Crippen molar-refractivity contribution in [3.63, 3.8) is 0 Å². The van der Waals surface area contributed by atoms with E-state index in [1.165, 1.54) is 27.4 Å². The molecule has 0 N–H and O–H groups in total. The second kappa shape index (κ2) is 17.3. The first-order valence-corrected chi connectivity index (χ1v) is 16.5. The van der Waals surface area contributed by atoms with Crippen LogP contribution in [0, 0.1) is 38.1 Å². The van der Waals surface area contributed by atoms with Crippen molar-refractivity contribution in [3.05, 3.63) is 183 Å². The number of benzene rings is 4. The molecule has 0 amide bonds. The van der Waals surface area contributed by atoms with Gasteiger partial charge in [-0.3, -0.25) is 0 Å². The van der Waals surface area contributed by atoms with Crippen LogP contribution in [0.3, 0.4) is 0 Å². The Morgan fingerprint density at radius 2 is 1.40 bits per heavy atom. The molecular formula is C45H39IrN4-3. The molecule has 8 rings (SSSR count). The third-order valence-electron chi connectivity index (χ3n) is 8.02. The van der Waals surface area contributed by atoms with Crippen molar-refractivity contribution in [2.24, 2.45) is 5.92 Å². The normalized spacial score (nSPS) is 10.5. The molecule has 0 saturated carbocycles. The predicted octanol–water partition coefficient (Wildman–Crippen LogP) is 10.2. The molecule has 0 bridgehead atoms. The van der Waals surface area contributed by atoms with Crippen LogP contribution in [0.5, 0.6) is 0 Å². The zero-order valence-electron chi connectivity index (χ0n) is 28.5. The number of fused-ring (bicyclic) bond motifs is 3. The molecule has 4 heterocycles. The summed E-state index contributed by atoms with van der Waals surface area (Å²) < 4.78 is 4.27. The second-order valence-corrected chi connectivity index (χ2v) is 12.2. The molecule has 0 saturated heterocycles. The van der Waals surface area contributed by atoms with Crippen LogP contribution in [0.25, 0.3) is 55.6 Å². The average Bonchev–Trinajstić information content (AvgIpc) is 3.47. The number of aromatic nitrogens is 4. The van der Waals surface area contributed by atoms with Gasteiger partial charge in [-0.2, -0.15) is 0 Å². The molecule has 0 fully saturated rings. The Morgan fingerprint density at radius 3 is 2.06 bits per heavy atom. The summed E-state index contributed by atoms with van der Waals surface area (Å²) in [5.74, 6) is 0.572. The van der Waals surface area contributed by atoms with Gasteiger partial charge in [0.1, 0.15) is 5.69 Å². The third-order valence-corrected chi connectivity index (χ3v) is 8.02. The zero-order chi connectivity index (χ0) is 34.0. The number of para-hydroxylation sites is 1. The fourth-order valence-electron chi connectivity index (χ4n) is 5.76. The Morgan fingerprint density at radius 1 is 0.680 bits per heavy atom. The molecular weight excluding hydrogens is 789 g/mol. The molecule has 1 radical (unpaired) electrons. The van der Waals surface area contributed by atoms with E-state index in [9.17, 15) is 0 Å². The molecule has 50 heavy (non-hydrogen) atoms. The number of hydrogen-bond acceptors (Lipinski definition) is 2. The minimum absolute atomic E-state index is 0. The van der Waals surface area contributed by atoms with Gasteiger partial charge in [0.05, 0.1) is 6.20 Å². The fraction of sp³-hybridized carbons (Fsp3) is 0.111. The molecule has 0 aliphatic carbocycles. The van der Waals surface area contributed by atoms with E-state index >= 15 is 0 Å². The van der Waals surface area contributed by atoms with Gasteiger partial charge in [-0.1, -0.05) is 79.4 Å². The first kappa shape index (κ1) is 35.9. The minimum atomic E-state index is 0. The fourth-order valence-corrected chi connectivity index (χ4v) is 5.76. The Balaban J connectivity index is 0.000000158. The first-order chi connectivity index (χ1) is 24.0. The van der Waals surface area contributed by atoms with Gasteiger partial charge in [0.25, 0.3) is 0 Å². The Labute approximate surface area is 309 Å². The van der Waals surface area contributed by atoms with Gasteiger partial charge in [-0.15, -0.1) is 90.0 Å². The van der Waals surface area contributed by atoms with Crippen LogP contribution >= 0.6 is 0 Å². The van der Waals surface area contributed by atoms with Gasteiger partial charge in [0, 0.05) is 51.6 Å². The molecule has 0 aliphatic heterocycles. The van der Waals surface area contributed by atoms with Crippen molar-refractivity contribution >= 4 is 21.8 Å². The van der Waals surface area contributed by atoms with Crippen molar-refractivity contribution < 1.29 is 24.7 Å². The summed E-state index contributed by atoms with van der Waals surface area (Å²) in [7, 11) is 3.89. The Kier molecular flexibility index (Phi) is 12.5. The van der Waals surface area contributed by atoms with Crippen molar-refractivity contribution in [1.29, 1.82) is 0 Å². The van der Waals surface area contributed by atoms with Gasteiger partial charge >= 0.3 is 0 Å². The van der Waals surface area contributed by atoms with Crippen molar-refractivity contribution in [2.45, 2.75) is 27.3 Å². The van der Waals surface area contributed by atoms with Gasteiger partial charge in [-0.05, 0) is 58.9 Å². The first-order valence-electron chi connectivity index (χ1n) is 16.5. The largest absolute Gasteiger partial charge is 0.380 e. The minimum Gasteiger partial charge on any atom is -0.380 e. The van der Waals surface area contributed by atoms with Crippen molar-refractivity contribution in [2.75, 3.05) is 0 Å².